The molecule has 0 aromatic heterocycles. The van der Waals surface area contributed by atoms with Gasteiger partial charge in [0, 0.05) is 11.6 Å². The average molecular weight is 305 g/mol. The quantitative estimate of drug-likeness (QED) is 0.694. The molecule has 1 atom stereocenters. The Hall–Kier alpha value is -0.740. The summed E-state index contributed by atoms with van der Waals surface area (Å²) < 4.78 is 28.2. The van der Waals surface area contributed by atoms with Gasteiger partial charge in [0.15, 0.2) is 0 Å². The fourth-order valence-electron chi connectivity index (χ4n) is 1.86. The van der Waals surface area contributed by atoms with Gasteiger partial charge in [-0.25, -0.2) is 8.42 Å². The predicted molar refractivity (Wildman–Crippen MR) is 79.9 cm³/mol. The van der Waals surface area contributed by atoms with E-state index in [-0.39, 0.29) is 17.4 Å². The molecular weight excluding hydrogens is 284 g/mol. The third-order valence-corrected chi connectivity index (χ3v) is 5.33. The average Bonchev–Trinajstić information content (AvgIpc) is 2.43. The van der Waals surface area contributed by atoms with E-state index in [1.807, 2.05) is 24.3 Å². The summed E-state index contributed by atoms with van der Waals surface area (Å²) in [6, 6.07) is 7.80. The predicted octanol–water partition coefficient (Wildman–Crippen LogP) is 2.92. The van der Waals surface area contributed by atoms with Crippen molar-refractivity contribution in [3.8, 4) is 5.75 Å². The van der Waals surface area contributed by atoms with Gasteiger partial charge in [0.1, 0.15) is 15.6 Å². The Balaban J connectivity index is 2.61. The summed E-state index contributed by atoms with van der Waals surface area (Å²) in [7, 11) is -1.28. The molecule has 108 valence electrons. The van der Waals surface area contributed by atoms with Crippen molar-refractivity contribution in [2.24, 2.45) is 5.92 Å². The maximum Gasteiger partial charge on any atom is 0.150 e. The van der Waals surface area contributed by atoms with E-state index >= 15 is 0 Å². The van der Waals surface area contributed by atoms with E-state index in [4.69, 9.17) is 16.3 Å². The molecule has 0 saturated carbocycles. The standard InChI is InChI=1S/C14H21ClO3S/c1-3-19(16,17)8-7-13(11-15)9-12-5-4-6-14(10-12)18-2/h4-6,10,13H,3,7-9,11H2,1-2H3. The molecule has 0 fully saturated rings. The maximum atomic E-state index is 11.5. The normalized spacial score (nSPS) is 13.2. The molecule has 1 unspecified atom stereocenters. The third-order valence-electron chi connectivity index (χ3n) is 3.15. The Bertz CT molecular complexity index is 485. The van der Waals surface area contributed by atoms with E-state index in [0.29, 0.717) is 12.3 Å². The Morgan fingerprint density at radius 1 is 1.37 bits per heavy atom. The van der Waals surface area contributed by atoms with Crippen LogP contribution in [0.5, 0.6) is 5.75 Å². The van der Waals surface area contributed by atoms with Crippen molar-refractivity contribution in [3.63, 3.8) is 0 Å². The molecule has 0 radical (unpaired) electrons. The largest absolute Gasteiger partial charge is 0.497 e. The number of hydrogen-bond donors (Lipinski definition) is 0. The first-order valence-electron chi connectivity index (χ1n) is 6.40. The van der Waals surface area contributed by atoms with Crippen molar-refractivity contribution in [3.05, 3.63) is 29.8 Å². The molecule has 1 aromatic rings. The second kappa shape index (κ2) is 7.75. The van der Waals surface area contributed by atoms with Crippen LogP contribution >= 0.6 is 11.6 Å². The van der Waals surface area contributed by atoms with E-state index in [0.717, 1.165) is 17.7 Å². The van der Waals surface area contributed by atoms with Crippen LogP contribution in [0, 0.1) is 5.92 Å². The zero-order valence-electron chi connectivity index (χ0n) is 11.4. The van der Waals surface area contributed by atoms with Crippen molar-refractivity contribution in [2.75, 3.05) is 24.5 Å². The summed E-state index contributed by atoms with van der Waals surface area (Å²) in [5.74, 6) is 1.87. The number of hydrogen-bond acceptors (Lipinski definition) is 3. The Labute approximate surface area is 120 Å². The third kappa shape index (κ3) is 5.83. The zero-order chi connectivity index (χ0) is 14.3. The minimum atomic E-state index is -2.91. The molecule has 0 bridgehead atoms. The Morgan fingerprint density at radius 2 is 2.11 bits per heavy atom. The second-order valence-corrected chi connectivity index (χ2v) is 7.38. The van der Waals surface area contributed by atoms with Gasteiger partial charge in [-0.05, 0) is 36.5 Å². The van der Waals surface area contributed by atoms with Gasteiger partial charge in [0.05, 0.1) is 12.9 Å². The molecule has 0 aliphatic carbocycles. The fourth-order valence-corrected chi connectivity index (χ4v) is 3.10. The number of halogens is 1. The highest BCUT2D eigenvalue weighted by molar-refractivity contribution is 7.91. The molecule has 0 aliphatic rings. The molecule has 19 heavy (non-hydrogen) atoms. The van der Waals surface area contributed by atoms with Crippen molar-refractivity contribution < 1.29 is 13.2 Å². The van der Waals surface area contributed by atoms with Crippen LogP contribution < -0.4 is 4.74 Å². The SMILES string of the molecule is CCS(=O)(=O)CCC(CCl)Cc1cccc(OC)c1. The first-order chi connectivity index (χ1) is 9.00. The lowest BCUT2D eigenvalue weighted by Crippen LogP contribution is -2.15. The van der Waals surface area contributed by atoms with Crippen LogP contribution in [-0.4, -0.2) is 32.9 Å². The summed E-state index contributed by atoms with van der Waals surface area (Å²) >= 11 is 5.94. The van der Waals surface area contributed by atoms with Gasteiger partial charge in [0.2, 0.25) is 0 Å². The number of benzene rings is 1. The van der Waals surface area contributed by atoms with Crippen LogP contribution in [0.15, 0.2) is 24.3 Å². The van der Waals surface area contributed by atoms with E-state index in [9.17, 15) is 8.42 Å². The topological polar surface area (TPSA) is 43.4 Å². The first-order valence-corrected chi connectivity index (χ1v) is 8.75. The number of sulfone groups is 1. The van der Waals surface area contributed by atoms with Crippen molar-refractivity contribution in [1.29, 1.82) is 0 Å². The number of ether oxygens (including phenoxy) is 1. The summed E-state index contributed by atoms with van der Waals surface area (Å²) in [5.41, 5.74) is 1.12. The van der Waals surface area contributed by atoms with E-state index < -0.39 is 9.84 Å². The first kappa shape index (κ1) is 16.3. The fraction of sp³-hybridized carbons (Fsp3) is 0.571. The molecule has 5 heteroatoms. The maximum absolute atomic E-state index is 11.5. The van der Waals surface area contributed by atoms with Gasteiger partial charge in [-0.3, -0.25) is 0 Å². The lowest BCUT2D eigenvalue weighted by molar-refractivity contribution is 0.413. The minimum absolute atomic E-state index is 0.176. The monoisotopic (exact) mass is 304 g/mol. The highest BCUT2D eigenvalue weighted by atomic mass is 35.5. The summed E-state index contributed by atoms with van der Waals surface area (Å²) in [6.07, 6.45) is 1.39. The van der Waals surface area contributed by atoms with Gasteiger partial charge in [0.25, 0.3) is 0 Å². The van der Waals surface area contributed by atoms with Crippen LogP contribution in [0.3, 0.4) is 0 Å². The van der Waals surface area contributed by atoms with Crippen LogP contribution in [0.1, 0.15) is 18.9 Å². The molecule has 0 saturated heterocycles. The Morgan fingerprint density at radius 3 is 2.68 bits per heavy atom. The van der Waals surface area contributed by atoms with Crippen LogP contribution in [0.2, 0.25) is 0 Å². The molecule has 1 rings (SSSR count). The minimum Gasteiger partial charge on any atom is -0.497 e. The van der Waals surface area contributed by atoms with Crippen molar-refractivity contribution in [2.45, 2.75) is 19.8 Å². The van der Waals surface area contributed by atoms with Gasteiger partial charge < -0.3 is 4.74 Å². The van der Waals surface area contributed by atoms with Gasteiger partial charge in [-0.2, -0.15) is 0 Å². The highest BCUT2D eigenvalue weighted by Gasteiger charge is 2.14. The molecule has 1 aromatic carbocycles. The lowest BCUT2D eigenvalue weighted by Gasteiger charge is -2.14. The summed E-state index contributed by atoms with van der Waals surface area (Å²) in [4.78, 5) is 0. The van der Waals surface area contributed by atoms with Crippen LogP contribution in [0.25, 0.3) is 0 Å². The van der Waals surface area contributed by atoms with Crippen molar-refractivity contribution in [1.82, 2.24) is 0 Å². The van der Waals surface area contributed by atoms with Gasteiger partial charge in [-0.1, -0.05) is 19.1 Å². The molecule has 3 nitrogen and oxygen atoms in total. The second-order valence-electron chi connectivity index (χ2n) is 4.60. The molecule has 0 heterocycles. The molecule has 0 N–H and O–H groups in total. The zero-order valence-corrected chi connectivity index (χ0v) is 13.0. The van der Waals surface area contributed by atoms with E-state index in [2.05, 4.69) is 0 Å². The lowest BCUT2D eigenvalue weighted by atomic mass is 9.98. The number of alkyl halides is 1. The molecular formula is C14H21ClO3S. The van der Waals surface area contributed by atoms with E-state index in [1.54, 1.807) is 14.0 Å². The number of methoxy groups -OCH3 is 1. The van der Waals surface area contributed by atoms with Gasteiger partial charge >= 0.3 is 0 Å². The Kier molecular flexibility index (Phi) is 6.66. The summed E-state index contributed by atoms with van der Waals surface area (Å²) in [6.45, 7) is 1.67. The van der Waals surface area contributed by atoms with Crippen LogP contribution in [0.4, 0.5) is 0 Å². The van der Waals surface area contributed by atoms with Crippen molar-refractivity contribution >= 4 is 21.4 Å². The molecule has 0 amide bonds. The highest BCUT2D eigenvalue weighted by Crippen LogP contribution is 2.19. The van der Waals surface area contributed by atoms with Crippen LogP contribution in [-0.2, 0) is 16.3 Å². The molecule has 0 aliphatic heterocycles. The van der Waals surface area contributed by atoms with Gasteiger partial charge in [-0.15, -0.1) is 11.6 Å². The van der Waals surface area contributed by atoms with E-state index in [1.165, 1.54) is 0 Å². The molecule has 0 spiro atoms. The number of rotatable bonds is 8. The smallest absolute Gasteiger partial charge is 0.150 e. The summed E-state index contributed by atoms with van der Waals surface area (Å²) in [5, 5.41) is 0.